The molecule has 0 N–H and O–H groups in total. The summed E-state index contributed by atoms with van der Waals surface area (Å²) in [5, 5.41) is 2.20. The number of rotatable bonds is 8. The summed E-state index contributed by atoms with van der Waals surface area (Å²) in [6.07, 6.45) is 4.24. The minimum absolute atomic E-state index is 0.116. The van der Waals surface area contributed by atoms with E-state index in [-0.39, 0.29) is 5.97 Å². The van der Waals surface area contributed by atoms with Crippen molar-refractivity contribution in [3.8, 4) is 0 Å². The molecule has 0 aliphatic carbocycles. The van der Waals surface area contributed by atoms with Crippen LogP contribution in [0.1, 0.15) is 56.8 Å². The molecule has 0 aliphatic rings. The number of nitrogens with zero attached hydrogens (tertiary/aromatic N) is 1. The molecule has 0 atom stereocenters. The number of aldehydes is 1. The number of carbonyl (C=O) groups excluding carboxylic acids is 2. The SMILES string of the molecule is CN(CCCCCC(=O)OC(C)(C)C)c1ccc2cc(C=O)ccc2c1. The Morgan fingerprint density at radius 3 is 2.42 bits per heavy atom. The number of unbranched alkanes of at least 4 members (excludes halogenated alkanes) is 2. The van der Waals surface area contributed by atoms with Crippen LogP contribution in [-0.2, 0) is 9.53 Å². The lowest BCUT2D eigenvalue weighted by Gasteiger charge is -2.20. The molecule has 4 nitrogen and oxygen atoms in total. The fourth-order valence-electron chi connectivity index (χ4n) is 2.88. The van der Waals surface area contributed by atoms with Gasteiger partial charge in [-0.15, -0.1) is 0 Å². The summed E-state index contributed by atoms with van der Waals surface area (Å²) in [5.41, 5.74) is 1.45. The molecule has 2 aromatic carbocycles. The molecule has 2 rings (SSSR count). The van der Waals surface area contributed by atoms with E-state index in [1.54, 1.807) is 0 Å². The molecule has 2 aromatic rings. The standard InChI is InChI=1S/C22H29NO3/c1-22(2,3)26-21(25)8-6-5-7-13-23(4)20-12-11-18-14-17(16-24)9-10-19(18)15-20/h9-12,14-16H,5-8,13H2,1-4H3. The highest BCUT2D eigenvalue weighted by Crippen LogP contribution is 2.22. The molecule has 140 valence electrons. The number of hydrogen-bond acceptors (Lipinski definition) is 4. The van der Waals surface area contributed by atoms with Gasteiger partial charge in [-0.05, 0) is 62.6 Å². The van der Waals surface area contributed by atoms with Crippen molar-refractivity contribution in [3.63, 3.8) is 0 Å². The fraction of sp³-hybridized carbons (Fsp3) is 0.455. The van der Waals surface area contributed by atoms with Crippen LogP contribution in [0.15, 0.2) is 36.4 Å². The normalized spacial score (nSPS) is 11.4. The third-order valence-electron chi connectivity index (χ3n) is 4.22. The summed E-state index contributed by atoms with van der Waals surface area (Å²) in [7, 11) is 2.08. The molecule has 26 heavy (non-hydrogen) atoms. The molecule has 0 saturated carbocycles. The Bertz CT molecular complexity index is 762. The van der Waals surface area contributed by atoms with Crippen molar-refractivity contribution in [1.82, 2.24) is 0 Å². The Hall–Kier alpha value is -2.36. The van der Waals surface area contributed by atoms with Crippen molar-refractivity contribution in [3.05, 3.63) is 42.0 Å². The predicted octanol–water partition coefficient (Wildman–Crippen LogP) is 4.99. The number of fused-ring (bicyclic) bond motifs is 1. The molecule has 0 radical (unpaired) electrons. The molecular formula is C22H29NO3. The maximum atomic E-state index is 11.7. The molecule has 0 bridgehead atoms. The van der Waals surface area contributed by atoms with Crippen LogP contribution in [0.4, 0.5) is 5.69 Å². The van der Waals surface area contributed by atoms with E-state index < -0.39 is 5.60 Å². The quantitative estimate of drug-likeness (QED) is 0.380. The van der Waals surface area contributed by atoms with Crippen molar-refractivity contribution < 1.29 is 14.3 Å². The van der Waals surface area contributed by atoms with Gasteiger partial charge in [0.25, 0.3) is 0 Å². The summed E-state index contributed by atoms with van der Waals surface area (Å²) < 4.78 is 5.32. The van der Waals surface area contributed by atoms with E-state index in [9.17, 15) is 9.59 Å². The van der Waals surface area contributed by atoms with E-state index in [2.05, 4.69) is 30.1 Å². The number of carbonyl (C=O) groups is 2. The van der Waals surface area contributed by atoms with Crippen molar-refractivity contribution in [2.24, 2.45) is 0 Å². The summed E-state index contributed by atoms with van der Waals surface area (Å²) in [6, 6.07) is 12.0. The smallest absolute Gasteiger partial charge is 0.306 e. The number of anilines is 1. The zero-order valence-corrected chi connectivity index (χ0v) is 16.2. The van der Waals surface area contributed by atoms with Gasteiger partial charge >= 0.3 is 5.97 Å². The molecule has 0 spiro atoms. The van der Waals surface area contributed by atoms with Gasteiger partial charge < -0.3 is 9.64 Å². The largest absolute Gasteiger partial charge is 0.460 e. The minimum Gasteiger partial charge on any atom is -0.460 e. The number of esters is 1. The van der Waals surface area contributed by atoms with Crippen LogP contribution >= 0.6 is 0 Å². The fourth-order valence-corrected chi connectivity index (χ4v) is 2.88. The van der Waals surface area contributed by atoms with Crippen molar-refractivity contribution in [2.45, 2.75) is 52.1 Å². The van der Waals surface area contributed by atoms with Gasteiger partial charge in [0.2, 0.25) is 0 Å². The molecule has 0 heterocycles. The highest BCUT2D eigenvalue weighted by atomic mass is 16.6. The van der Waals surface area contributed by atoms with E-state index in [0.29, 0.717) is 12.0 Å². The maximum Gasteiger partial charge on any atom is 0.306 e. The van der Waals surface area contributed by atoms with Gasteiger partial charge in [-0.2, -0.15) is 0 Å². The molecule has 0 fully saturated rings. The molecule has 0 saturated heterocycles. The average molecular weight is 355 g/mol. The lowest BCUT2D eigenvalue weighted by molar-refractivity contribution is -0.154. The van der Waals surface area contributed by atoms with Gasteiger partial charge in [0, 0.05) is 31.3 Å². The molecule has 0 aliphatic heterocycles. The third kappa shape index (κ3) is 6.17. The van der Waals surface area contributed by atoms with E-state index in [1.807, 2.05) is 39.0 Å². The number of ether oxygens (including phenoxy) is 1. The lowest BCUT2D eigenvalue weighted by Crippen LogP contribution is -2.23. The molecule has 0 amide bonds. The Morgan fingerprint density at radius 2 is 1.73 bits per heavy atom. The third-order valence-corrected chi connectivity index (χ3v) is 4.22. The molecule has 4 heteroatoms. The summed E-state index contributed by atoms with van der Waals surface area (Å²) in [4.78, 5) is 24.8. The highest BCUT2D eigenvalue weighted by molar-refractivity contribution is 5.90. The van der Waals surface area contributed by atoms with Crippen molar-refractivity contribution >= 4 is 28.7 Å². The summed E-state index contributed by atoms with van der Waals surface area (Å²) in [6.45, 7) is 6.61. The molecular weight excluding hydrogens is 326 g/mol. The Labute approximate surface area is 156 Å². The number of benzene rings is 2. The number of hydrogen-bond donors (Lipinski definition) is 0. The van der Waals surface area contributed by atoms with Crippen LogP contribution in [0, 0.1) is 0 Å². The first kappa shape index (κ1) is 20.0. The average Bonchev–Trinajstić information content (AvgIpc) is 2.58. The first-order valence-corrected chi connectivity index (χ1v) is 9.20. The molecule has 0 unspecified atom stereocenters. The van der Waals surface area contributed by atoms with E-state index in [1.165, 1.54) is 0 Å². The topological polar surface area (TPSA) is 46.6 Å². The van der Waals surface area contributed by atoms with E-state index >= 15 is 0 Å². The minimum atomic E-state index is -0.403. The monoisotopic (exact) mass is 355 g/mol. The van der Waals surface area contributed by atoms with Gasteiger partial charge in [0.05, 0.1) is 0 Å². The first-order valence-electron chi connectivity index (χ1n) is 9.20. The van der Waals surface area contributed by atoms with Crippen molar-refractivity contribution in [2.75, 3.05) is 18.5 Å². The van der Waals surface area contributed by atoms with Gasteiger partial charge in [-0.25, -0.2) is 0 Å². The Balaban J connectivity index is 1.79. The van der Waals surface area contributed by atoms with Crippen LogP contribution in [0.2, 0.25) is 0 Å². The van der Waals surface area contributed by atoms with E-state index in [0.717, 1.165) is 48.6 Å². The van der Waals surface area contributed by atoms with Gasteiger partial charge in [0.1, 0.15) is 11.9 Å². The second-order valence-corrected chi connectivity index (χ2v) is 7.73. The maximum absolute atomic E-state index is 11.7. The lowest BCUT2D eigenvalue weighted by atomic mass is 10.1. The Morgan fingerprint density at radius 1 is 1.04 bits per heavy atom. The van der Waals surface area contributed by atoms with Crippen molar-refractivity contribution in [1.29, 1.82) is 0 Å². The van der Waals surface area contributed by atoms with E-state index in [4.69, 9.17) is 4.74 Å². The highest BCUT2D eigenvalue weighted by Gasteiger charge is 2.15. The summed E-state index contributed by atoms with van der Waals surface area (Å²) in [5.74, 6) is -0.116. The van der Waals surface area contributed by atoms with Crippen LogP contribution in [0.5, 0.6) is 0 Å². The summed E-state index contributed by atoms with van der Waals surface area (Å²) >= 11 is 0. The zero-order valence-electron chi connectivity index (χ0n) is 16.2. The van der Waals surface area contributed by atoms with Gasteiger partial charge in [-0.3, -0.25) is 9.59 Å². The second-order valence-electron chi connectivity index (χ2n) is 7.73. The van der Waals surface area contributed by atoms with Crippen LogP contribution < -0.4 is 4.90 Å². The zero-order chi connectivity index (χ0) is 19.2. The van der Waals surface area contributed by atoms with Crippen LogP contribution in [0.25, 0.3) is 10.8 Å². The Kier molecular flexibility index (Phi) is 6.78. The first-order chi connectivity index (χ1) is 12.3. The molecule has 0 aromatic heterocycles. The van der Waals surface area contributed by atoms with Crippen LogP contribution in [-0.4, -0.2) is 31.4 Å². The van der Waals surface area contributed by atoms with Gasteiger partial charge in [-0.1, -0.05) is 24.6 Å². The predicted molar refractivity (Wildman–Crippen MR) is 107 cm³/mol. The second kappa shape index (κ2) is 8.84. The van der Waals surface area contributed by atoms with Crippen LogP contribution in [0.3, 0.4) is 0 Å². The van der Waals surface area contributed by atoms with Gasteiger partial charge in [0.15, 0.2) is 0 Å².